The Morgan fingerprint density at radius 3 is 2.71 bits per heavy atom. The summed E-state index contributed by atoms with van der Waals surface area (Å²) in [7, 11) is 0. The summed E-state index contributed by atoms with van der Waals surface area (Å²) >= 11 is 5.53. The third-order valence-corrected chi connectivity index (χ3v) is 5.48. The van der Waals surface area contributed by atoms with E-state index in [0.717, 1.165) is 25.9 Å². The van der Waals surface area contributed by atoms with Crippen molar-refractivity contribution in [2.75, 3.05) is 25.0 Å². The van der Waals surface area contributed by atoms with Crippen LogP contribution in [-0.2, 0) is 0 Å². The molecule has 2 amide bonds. The Morgan fingerprint density at radius 2 is 1.96 bits per heavy atom. The largest absolute Gasteiger partial charge is 0.361 e. The molecule has 1 saturated heterocycles. The topological polar surface area (TPSA) is 64.7 Å². The van der Waals surface area contributed by atoms with Gasteiger partial charge >= 0.3 is 6.03 Å². The van der Waals surface area contributed by atoms with E-state index in [2.05, 4.69) is 16.7 Å². The van der Waals surface area contributed by atoms with Crippen molar-refractivity contribution in [3.05, 3.63) is 41.5 Å². The molecule has 1 heterocycles. The molecule has 1 aliphatic carbocycles. The molecule has 0 aromatic heterocycles. The van der Waals surface area contributed by atoms with Crippen molar-refractivity contribution in [2.24, 2.45) is 0 Å². The quantitative estimate of drug-likeness (QED) is 0.442. The summed E-state index contributed by atoms with van der Waals surface area (Å²) in [4.78, 5) is 24.3. The second kappa shape index (κ2) is 9.68. The Balaban J connectivity index is 1.53. The normalized spacial score (nSPS) is 16.5. The highest BCUT2D eigenvalue weighted by atomic mass is 32.1. The van der Waals surface area contributed by atoms with Crippen LogP contribution in [0.5, 0.6) is 0 Å². The Hall–Kier alpha value is -2.41. The van der Waals surface area contributed by atoms with Crippen LogP contribution in [0.15, 0.2) is 35.9 Å². The van der Waals surface area contributed by atoms with Crippen LogP contribution in [0.4, 0.5) is 10.5 Å². The number of carbonyl (C=O) groups is 2. The Bertz CT molecular complexity index is 777. The number of amides is 2. The van der Waals surface area contributed by atoms with Crippen molar-refractivity contribution in [2.45, 2.75) is 45.4 Å². The summed E-state index contributed by atoms with van der Waals surface area (Å²) in [5.74, 6) is -0.0302. The number of thiocarbonyl (C=S) groups is 1. The van der Waals surface area contributed by atoms with E-state index in [1.54, 1.807) is 29.3 Å². The number of hydrazine groups is 1. The summed E-state index contributed by atoms with van der Waals surface area (Å²) < 4.78 is 0. The zero-order valence-corrected chi connectivity index (χ0v) is 17.2. The van der Waals surface area contributed by atoms with Crippen molar-refractivity contribution < 1.29 is 9.59 Å². The average Bonchev–Trinajstić information content (AvgIpc) is 3.19. The first-order valence-corrected chi connectivity index (χ1v) is 10.4. The van der Waals surface area contributed by atoms with E-state index in [1.807, 2.05) is 5.01 Å². The van der Waals surface area contributed by atoms with Crippen LogP contribution in [0.2, 0.25) is 0 Å². The van der Waals surface area contributed by atoms with Crippen molar-refractivity contribution in [3.8, 4) is 0 Å². The number of Topliss-reactive ketones (excluding diaryl/α,β-unsaturated/α-hetero) is 1. The van der Waals surface area contributed by atoms with Crippen LogP contribution in [0, 0.1) is 0 Å². The number of nitrogens with one attached hydrogen (secondary N) is 2. The van der Waals surface area contributed by atoms with Crippen LogP contribution in [0.3, 0.4) is 0 Å². The van der Waals surface area contributed by atoms with Gasteiger partial charge in [0, 0.05) is 30.9 Å². The molecule has 1 fully saturated rings. The molecule has 0 radical (unpaired) electrons. The van der Waals surface area contributed by atoms with Crippen LogP contribution in [0.25, 0.3) is 0 Å². The molecule has 2 aliphatic rings. The number of ketones is 1. The second-order valence-corrected chi connectivity index (χ2v) is 7.64. The summed E-state index contributed by atoms with van der Waals surface area (Å²) in [6.45, 7) is 3.63. The van der Waals surface area contributed by atoms with E-state index in [-0.39, 0.29) is 11.8 Å². The summed E-state index contributed by atoms with van der Waals surface area (Å²) in [5, 5.41) is 10.2. The molecule has 0 saturated carbocycles. The number of anilines is 1. The fourth-order valence-corrected chi connectivity index (χ4v) is 3.88. The Morgan fingerprint density at radius 1 is 1.14 bits per heavy atom. The molecule has 0 unspecified atom stereocenters. The van der Waals surface area contributed by atoms with Gasteiger partial charge in [-0.2, -0.15) is 0 Å². The minimum absolute atomic E-state index is 0.0302. The third-order valence-electron chi connectivity index (χ3n) is 5.13. The van der Waals surface area contributed by atoms with Gasteiger partial charge < -0.3 is 10.6 Å². The third kappa shape index (κ3) is 5.32. The Kier molecular flexibility index (Phi) is 7.03. The van der Waals surface area contributed by atoms with Gasteiger partial charge in [-0.3, -0.25) is 9.80 Å². The summed E-state index contributed by atoms with van der Waals surface area (Å²) in [6.07, 6.45) is 9.16. The first-order valence-electron chi connectivity index (χ1n) is 9.97. The van der Waals surface area contributed by atoms with Gasteiger partial charge in [0.25, 0.3) is 0 Å². The number of nitrogens with zero attached hydrogens (tertiary/aromatic N) is 2. The second-order valence-electron chi connectivity index (χ2n) is 7.26. The van der Waals surface area contributed by atoms with Gasteiger partial charge in [-0.05, 0) is 69.8 Å². The molecule has 0 atom stereocenters. The summed E-state index contributed by atoms with van der Waals surface area (Å²) in [6, 6.07) is 6.73. The number of allylic oxidation sites excluding steroid dienone is 1. The molecular formula is C21H28N4O2S. The van der Waals surface area contributed by atoms with Gasteiger partial charge in [0.15, 0.2) is 10.9 Å². The molecule has 2 N–H and O–H groups in total. The molecule has 1 aliphatic heterocycles. The summed E-state index contributed by atoms with van der Waals surface area (Å²) in [5.41, 5.74) is 2.68. The standard InChI is InChI=1S/C21H28N4O2S/c1-16(26)18-9-5-10-19(15-18)23-20(27)24-13-6-14-25(24)21(28)22-12-11-17-7-3-2-4-8-17/h5,7,9-10,15H,2-4,6,8,11-14H2,1H3,(H,22,28)(H,23,27). The molecule has 150 valence electrons. The SMILES string of the molecule is CC(=O)c1cccc(NC(=O)N2CCCN2C(=S)NCCC2=CCCCC2)c1. The maximum absolute atomic E-state index is 12.7. The van der Waals surface area contributed by atoms with Gasteiger partial charge in [0.05, 0.1) is 0 Å². The van der Waals surface area contributed by atoms with E-state index in [4.69, 9.17) is 12.2 Å². The van der Waals surface area contributed by atoms with Crippen molar-refractivity contribution in [1.82, 2.24) is 15.3 Å². The number of benzene rings is 1. The van der Waals surface area contributed by atoms with Crippen LogP contribution >= 0.6 is 12.2 Å². The zero-order chi connectivity index (χ0) is 19.9. The lowest BCUT2D eigenvalue weighted by atomic mass is 9.97. The highest BCUT2D eigenvalue weighted by Gasteiger charge is 2.28. The maximum atomic E-state index is 12.7. The lowest BCUT2D eigenvalue weighted by molar-refractivity contribution is 0.101. The van der Waals surface area contributed by atoms with E-state index in [9.17, 15) is 9.59 Å². The van der Waals surface area contributed by atoms with Crippen molar-refractivity contribution in [1.29, 1.82) is 0 Å². The van der Waals surface area contributed by atoms with Gasteiger partial charge in [0.1, 0.15) is 0 Å². The fraction of sp³-hybridized carbons (Fsp3) is 0.476. The maximum Gasteiger partial charge on any atom is 0.340 e. The fourth-order valence-electron chi connectivity index (χ4n) is 3.59. The molecule has 0 bridgehead atoms. The van der Waals surface area contributed by atoms with Gasteiger partial charge in [-0.15, -0.1) is 0 Å². The molecule has 6 nitrogen and oxygen atoms in total. The monoisotopic (exact) mass is 400 g/mol. The van der Waals surface area contributed by atoms with Crippen LogP contribution < -0.4 is 10.6 Å². The van der Waals surface area contributed by atoms with Crippen LogP contribution in [-0.4, -0.2) is 46.6 Å². The number of hydrogen-bond donors (Lipinski definition) is 2. The lowest BCUT2D eigenvalue weighted by Crippen LogP contribution is -2.50. The molecule has 7 heteroatoms. The minimum Gasteiger partial charge on any atom is -0.361 e. The van der Waals surface area contributed by atoms with Gasteiger partial charge in [-0.25, -0.2) is 9.80 Å². The van der Waals surface area contributed by atoms with Crippen molar-refractivity contribution >= 4 is 34.8 Å². The number of rotatable bonds is 5. The minimum atomic E-state index is -0.239. The lowest BCUT2D eigenvalue weighted by Gasteiger charge is -2.30. The first-order chi connectivity index (χ1) is 13.5. The molecular weight excluding hydrogens is 372 g/mol. The molecule has 28 heavy (non-hydrogen) atoms. The van der Waals surface area contributed by atoms with E-state index in [1.165, 1.54) is 38.2 Å². The van der Waals surface area contributed by atoms with Gasteiger partial charge in [0.2, 0.25) is 0 Å². The van der Waals surface area contributed by atoms with E-state index < -0.39 is 0 Å². The Labute approximate surface area is 171 Å². The highest BCUT2D eigenvalue weighted by Crippen LogP contribution is 2.20. The van der Waals surface area contributed by atoms with Crippen molar-refractivity contribution in [3.63, 3.8) is 0 Å². The molecule has 1 aromatic carbocycles. The van der Waals surface area contributed by atoms with E-state index in [0.29, 0.717) is 22.9 Å². The van der Waals surface area contributed by atoms with Crippen LogP contribution in [0.1, 0.15) is 55.8 Å². The zero-order valence-electron chi connectivity index (χ0n) is 16.4. The number of carbonyl (C=O) groups excluding carboxylic acids is 2. The van der Waals surface area contributed by atoms with E-state index >= 15 is 0 Å². The highest BCUT2D eigenvalue weighted by molar-refractivity contribution is 7.80. The predicted octanol–water partition coefficient (Wildman–Crippen LogP) is 4.11. The smallest absolute Gasteiger partial charge is 0.340 e. The predicted molar refractivity (Wildman–Crippen MR) is 115 cm³/mol. The average molecular weight is 401 g/mol. The number of urea groups is 1. The molecule has 0 spiro atoms. The number of hydrogen-bond acceptors (Lipinski definition) is 3. The first kappa shape index (κ1) is 20.3. The molecule has 3 rings (SSSR count). The molecule has 1 aromatic rings. The van der Waals surface area contributed by atoms with Gasteiger partial charge in [-0.1, -0.05) is 23.8 Å².